The van der Waals surface area contributed by atoms with E-state index in [1.54, 1.807) is 6.33 Å². The number of hydrogen-bond donors (Lipinski definition) is 0. The van der Waals surface area contributed by atoms with E-state index in [-0.39, 0.29) is 6.17 Å². The summed E-state index contributed by atoms with van der Waals surface area (Å²) in [6.45, 7) is 4.36. The number of aromatic nitrogens is 2. The van der Waals surface area contributed by atoms with E-state index >= 15 is 0 Å². The fourth-order valence-corrected chi connectivity index (χ4v) is 3.20. The second-order valence-corrected chi connectivity index (χ2v) is 6.99. The Morgan fingerprint density at radius 1 is 1.26 bits per heavy atom. The van der Waals surface area contributed by atoms with Gasteiger partial charge < -0.3 is 0 Å². The highest BCUT2D eigenvalue weighted by atomic mass is 127. The van der Waals surface area contributed by atoms with Crippen LogP contribution in [-0.2, 0) is 0 Å². The van der Waals surface area contributed by atoms with Gasteiger partial charge in [-0.05, 0) is 18.6 Å². The first kappa shape index (κ1) is 12.8. The third-order valence-electron chi connectivity index (χ3n) is 3.80. The summed E-state index contributed by atoms with van der Waals surface area (Å²) < 4.78 is 0.712. The third-order valence-corrected chi connectivity index (χ3v) is 5.06. The Morgan fingerprint density at radius 3 is 2.74 bits per heavy atom. The smallest absolute Gasteiger partial charge is 0.264 e. The summed E-state index contributed by atoms with van der Waals surface area (Å²) in [7, 11) is 2.18. The van der Waals surface area contributed by atoms with Crippen molar-refractivity contribution in [3.05, 3.63) is 42.4 Å². The molecule has 0 saturated carbocycles. The first-order valence-electron chi connectivity index (χ1n) is 6.25. The van der Waals surface area contributed by atoms with Gasteiger partial charge in [-0.1, -0.05) is 18.2 Å². The molecule has 1 aromatic carbocycles. The van der Waals surface area contributed by atoms with E-state index in [4.69, 9.17) is 0 Å². The molecule has 2 aromatic rings. The molecule has 1 aliphatic heterocycles. The van der Waals surface area contributed by atoms with E-state index in [9.17, 15) is 0 Å². The number of benzene rings is 1. The van der Waals surface area contributed by atoms with E-state index in [1.165, 1.54) is 11.3 Å². The number of anilines is 2. The minimum atomic E-state index is 0.286. The molecular weight excluding hydrogens is 351 g/mol. The van der Waals surface area contributed by atoms with Crippen LogP contribution in [0.15, 0.2) is 36.8 Å². The minimum absolute atomic E-state index is 0.286. The standard InChI is InChI=1S/C14H16IN4/c1-10-6-4-5-7-12(10)18-11(2)19(3,15)14-13(18)8-16-9-17-14/h4-9,11H,1-3H3/q+1/t11-,19?/m1/s1. The van der Waals surface area contributed by atoms with Crippen molar-refractivity contribution in [3.8, 4) is 0 Å². The van der Waals surface area contributed by atoms with Gasteiger partial charge in [0.1, 0.15) is 12.0 Å². The molecule has 0 bridgehead atoms. The molecule has 0 radical (unpaired) electrons. The molecular formula is C14H16IN4+. The predicted octanol–water partition coefficient (Wildman–Crippen LogP) is 3.57. The topological polar surface area (TPSA) is 29.0 Å². The summed E-state index contributed by atoms with van der Waals surface area (Å²) in [5, 5.41) is 0. The molecule has 0 amide bonds. The summed E-state index contributed by atoms with van der Waals surface area (Å²) in [5.41, 5.74) is 3.59. The quantitative estimate of drug-likeness (QED) is 0.570. The summed E-state index contributed by atoms with van der Waals surface area (Å²) >= 11 is 2.44. The van der Waals surface area contributed by atoms with Gasteiger partial charge in [0.2, 0.25) is 0 Å². The highest BCUT2D eigenvalue weighted by Crippen LogP contribution is 2.48. The molecule has 1 unspecified atom stereocenters. The van der Waals surface area contributed by atoms with E-state index in [0.29, 0.717) is 2.70 Å². The number of hydrogen-bond acceptors (Lipinski definition) is 3. The maximum absolute atomic E-state index is 4.48. The van der Waals surface area contributed by atoms with Crippen molar-refractivity contribution in [2.75, 3.05) is 11.9 Å². The Labute approximate surface area is 127 Å². The lowest BCUT2D eigenvalue weighted by Gasteiger charge is -2.29. The van der Waals surface area contributed by atoms with Crippen molar-refractivity contribution in [1.29, 1.82) is 0 Å². The van der Waals surface area contributed by atoms with E-state index in [0.717, 1.165) is 11.5 Å². The van der Waals surface area contributed by atoms with Crippen molar-refractivity contribution in [2.24, 2.45) is 0 Å². The molecule has 3 rings (SSSR count). The van der Waals surface area contributed by atoms with E-state index in [1.807, 2.05) is 6.20 Å². The fourth-order valence-electron chi connectivity index (χ4n) is 2.58. The monoisotopic (exact) mass is 367 g/mol. The number of halogens is 1. The van der Waals surface area contributed by atoms with Crippen LogP contribution in [0.5, 0.6) is 0 Å². The molecule has 98 valence electrons. The molecule has 2 atom stereocenters. The van der Waals surface area contributed by atoms with Gasteiger partial charge in [-0.2, -0.15) is 4.98 Å². The van der Waals surface area contributed by atoms with Crippen LogP contribution in [0.3, 0.4) is 0 Å². The van der Waals surface area contributed by atoms with Gasteiger partial charge in [-0.25, -0.2) is 7.68 Å². The van der Waals surface area contributed by atoms with Gasteiger partial charge in [0.15, 0.2) is 6.17 Å². The molecule has 1 aliphatic rings. The average Bonchev–Trinajstić information content (AvgIpc) is 2.60. The van der Waals surface area contributed by atoms with Gasteiger partial charge in [0.25, 0.3) is 28.7 Å². The van der Waals surface area contributed by atoms with E-state index in [2.05, 4.69) is 82.9 Å². The van der Waals surface area contributed by atoms with Crippen LogP contribution >= 0.6 is 22.9 Å². The minimum Gasteiger partial charge on any atom is -0.282 e. The summed E-state index contributed by atoms with van der Waals surface area (Å²) in [4.78, 5) is 11.0. The molecule has 0 spiro atoms. The summed E-state index contributed by atoms with van der Waals surface area (Å²) in [6.07, 6.45) is 3.82. The van der Waals surface area contributed by atoms with Crippen LogP contribution in [0.25, 0.3) is 0 Å². The number of para-hydroxylation sites is 1. The maximum atomic E-state index is 4.48. The van der Waals surface area contributed by atoms with Crippen LogP contribution < -0.4 is 7.60 Å². The Kier molecular flexibility index (Phi) is 2.98. The first-order valence-corrected chi connectivity index (χ1v) is 7.21. The largest absolute Gasteiger partial charge is 0.282 e. The lowest BCUT2D eigenvalue weighted by Crippen LogP contribution is -2.45. The summed E-state index contributed by atoms with van der Waals surface area (Å²) in [6, 6.07) is 8.44. The zero-order valence-corrected chi connectivity index (χ0v) is 13.4. The zero-order valence-electron chi connectivity index (χ0n) is 11.2. The highest BCUT2D eigenvalue weighted by molar-refractivity contribution is 14.1. The molecule has 1 aromatic heterocycles. The van der Waals surface area contributed by atoms with E-state index < -0.39 is 0 Å². The Morgan fingerprint density at radius 2 is 2.00 bits per heavy atom. The first-order chi connectivity index (χ1) is 9.03. The zero-order chi connectivity index (χ0) is 13.6. The maximum Gasteiger partial charge on any atom is 0.264 e. The van der Waals surface area contributed by atoms with Gasteiger partial charge in [0.05, 0.1) is 13.2 Å². The molecule has 5 heteroatoms. The van der Waals surface area contributed by atoms with Gasteiger partial charge >= 0.3 is 0 Å². The Bertz CT molecular complexity index is 626. The van der Waals surface area contributed by atoms with Crippen LogP contribution in [0.4, 0.5) is 17.2 Å². The molecule has 0 saturated heterocycles. The van der Waals surface area contributed by atoms with Crippen molar-refractivity contribution in [2.45, 2.75) is 20.0 Å². The Hall–Kier alpha value is -1.21. The number of nitrogens with zero attached hydrogens (tertiary/aromatic N) is 4. The second-order valence-electron chi connectivity index (χ2n) is 4.98. The third kappa shape index (κ3) is 1.83. The second kappa shape index (κ2) is 4.42. The van der Waals surface area contributed by atoms with Crippen LogP contribution in [-0.4, -0.2) is 23.2 Å². The van der Waals surface area contributed by atoms with Crippen molar-refractivity contribution in [3.63, 3.8) is 0 Å². The SMILES string of the molecule is Cc1ccccc1N1c2cncnc2[N+](C)(I)[C@@H]1C. The van der Waals surface area contributed by atoms with Crippen LogP contribution in [0.2, 0.25) is 0 Å². The van der Waals surface area contributed by atoms with Crippen LogP contribution in [0.1, 0.15) is 12.5 Å². The lowest BCUT2D eigenvalue weighted by atomic mass is 10.1. The predicted molar refractivity (Wildman–Crippen MR) is 86.6 cm³/mol. The van der Waals surface area contributed by atoms with Gasteiger partial charge in [-0.15, -0.1) is 0 Å². The number of quaternary nitrogens is 1. The molecule has 0 N–H and O–H groups in total. The van der Waals surface area contributed by atoms with Gasteiger partial charge in [0, 0.05) is 12.6 Å². The normalized spacial score (nSPS) is 25.5. The molecule has 2 heterocycles. The average molecular weight is 367 g/mol. The lowest BCUT2D eigenvalue weighted by molar-refractivity contribution is 0.489. The van der Waals surface area contributed by atoms with Crippen molar-refractivity contribution >= 4 is 40.1 Å². The molecule has 4 nitrogen and oxygen atoms in total. The molecule has 0 fully saturated rings. The number of aryl methyl sites for hydroxylation is 1. The highest BCUT2D eigenvalue weighted by Gasteiger charge is 2.47. The molecule has 19 heavy (non-hydrogen) atoms. The van der Waals surface area contributed by atoms with Gasteiger partial charge in [-0.3, -0.25) is 4.90 Å². The Balaban J connectivity index is 2.21. The fraction of sp³-hybridized carbons (Fsp3) is 0.286. The molecule has 0 aliphatic carbocycles. The van der Waals surface area contributed by atoms with Crippen LogP contribution in [0, 0.1) is 6.92 Å². The number of rotatable bonds is 1. The van der Waals surface area contributed by atoms with Crippen molar-refractivity contribution in [1.82, 2.24) is 12.7 Å². The number of fused-ring (bicyclic) bond motifs is 1. The summed E-state index contributed by atoms with van der Waals surface area (Å²) in [5.74, 6) is 1.06. The van der Waals surface area contributed by atoms with Crippen molar-refractivity contribution < 1.29 is 0 Å².